The minimum Gasteiger partial charge on any atom is -0.376 e. The van der Waals surface area contributed by atoms with Gasteiger partial charge < -0.3 is 10.1 Å². The first kappa shape index (κ1) is 16.5. The first-order chi connectivity index (χ1) is 11.7. The van der Waals surface area contributed by atoms with Gasteiger partial charge in [-0.15, -0.1) is 11.3 Å². The fraction of sp³-hybridized carbons (Fsp3) is 0.400. The van der Waals surface area contributed by atoms with Crippen molar-refractivity contribution in [2.75, 3.05) is 18.5 Å². The summed E-state index contributed by atoms with van der Waals surface area (Å²) in [6.45, 7) is 1.29. The molecule has 0 saturated carbocycles. The highest BCUT2D eigenvalue weighted by molar-refractivity contribution is 7.14. The lowest BCUT2D eigenvalue weighted by molar-refractivity contribution is -0.121. The van der Waals surface area contributed by atoms with E-state index in [0.717, 1.165) is 19.4 Å². The van der Waals surface area contributed by atoms with Crippen LogP contribution in [0.2, 0.25) is 0 Å². The Morgan fingerprint density at radius 1 is 1.38 bits per heavy atom. The quantitative estimate of drug-likeness (QED) is 0.808. The van der Waals surface area contributed by atoms with Crippen molar-refractivity contribution in [1.29, 1.82) is 0 Å². The summed E-state index contributed by atoms with van der Waals surface area (Å²) in [6, 6.07) is 0. The van der Waals surface area contributed by atoms with Crippen LogP contribution < -0.4 is 10.6 Å². The van der Waals surface area contributed by atoms with Crippen molar-refractivity contribution >= 4 is 28.3 Å². The monoisotopic (exact) mass is 347 g/mol. The lowest BCUT2D eigenvalue weighted by Crippen LogP contribution is -2.32. The van der Waals surface area contributed by atoms with Gasteiger partial charge in [0.05, 0.1) is 24.4 Å². The number of hydrogen-bond acceptors (Lipinski definition) is 7. The van der Waals surface area contributed by atoms with E-state index in [1.54, 1.807) is 5.38 Å². The van der Waals surface area contributed by atoms with Crippen molar-refractivity contribution < 1.29 is 14.3 Å². The summed E-state index contributed by atoms with van der Waals surface area (Å²) in [5.74, 6) is -0.491. The molecule has 2 amide bonds. The zero-order valence-electron chi connectivity index (χ0n) is 12.9. The Bertz CT molecular complexity index is 700. The van der Waals surface area contributed by atoms with Gasteiger partial charge in [0, 0.05) is 30.9 Å². The zero-order chi connectivity index (χ0) is 16.8. The van der Waals surface area contributed by atoms with Gasteiger partial charge in [-0.3, -0.25) is 19.9 Å². The van der Waals surface area contributed by atoms with Crippen LogP contribution in [0.25, 0.3) is 0 Å². The lowest BCUT2D eigenvalue weighted by atomic mass is 10.2. The van der Waals surface area contributed by atoms with Crippen molar-refractivity contribution in [2.45, 2.75) is 25.4 Å². The van der Waals surface area contributed by atoms with Crippen molar-refractivity contribution in [1.82, 2.24) is 20.3 Å². The van der Waals surface area contributed by atoms with Crippen LogP contribution in [0.4, 0.5) is 5.13 Å². The molecule has 0 bridgehead atoms. The number of rotatable bonds is 6. The van der Waals surface area contributed by atoms with Gasteiger partial charge in [-0.25, -0.2) is 9.97 Å². The third-order valence-electron chi connectivity index (χ3n) is 3.46. The number of carbonyl (C=O) groups excluding carboxylic acids is 2. The topological polar surface area (TPSA) is 106 Å². The van der Waals surface area contributed by atoms with Crippen LogP contribution in [0.1, 0.15) is 29.0 Å². The summed E-state index contributed by atoms with van der Waals surface area (Å²) < 4.78 is 5.46. The Balaban J connectivity index is 1.48. The molecule has 126 valence electrons. The van der Waals surface area contributed by atoms with Crippen molar-refractivity contribution in [3.8, 4) is 0 Å². The Hall–Kier alpha value is -2.39. The maximum Gasteiger partial charge on any atom is 0.277 e. The van der Waals surface area contributed by atoms with Gasteiger partial charge in [0.1, 0.15) is 5.69 Å². The van der Waals surface area contributed by atoms with Crippen molar-refractivity contribution in [3.63, 3.8) is 0 Å². The molecule has 0 aromatic carbocycles. The van der Waals surface area contributed by atoms with Crippen molar-refractivity contribution in [3.05, 3.63) is 35.4 Å². The third kappa shape index (κ3) is 4.56. The summed E-state index contributed by atoms with van der Waals surface area (Å²) in [7, 11) is 0. The standard InChI is InChI=1S/C15H17N5O3S/c21-13(18-7-11-2-1-5-23-11)6-10-9-24-15(19-10)20-14(22)12-8-16-3-4-17-12/h3-4,8-9,11H,1-2,5-7H2,(H,18,21)(H,19,20,22). The number of hydrogen-bond donors (Lipinski definition) is 2. The Kier molecular flexibility index (Phi) is 5.44. The number of carbonyl (C=O) groups is 2. The second-order valence-corrected chi connectivity index (χ2v) is 6.16. The Morgan fingerprint density at radius 3 is 3.04 bits per heavy atom. The number of aromatic nitrogens is 3. The number of amides is 2. The third-order valence-corrected chi connectivity index (χ3v) is 4.27. The number of nitrogens with one attached hydrogen (secondary N) is 2. The minimum absolute atomic E-state index is 0.109. The molecule has 24 heavy (non-hydrogen) atoms. The molecule has 1 atom stereocenters. The van der Waals surface area contributed by atoms with Gasteiger partial charge in [0.2, 0.25) is 5.91 Å². The van der Waals surface area contributed by atoms with Gasteiger partial charge in [0.15, 0.2) is 5.13 Å². The molecule has 1 aliphatic heterocycles. The maximum absolute atomic E-state index is 12.0. The predicted octanol–water partition coefficient (Wildman–Crippen LogP) is 1.02. The van der Waals surface area contributed by atoms with E-state index in [0.29, 0.717) is 17.4 Å². The average Bonchev–Trinajstić information content (AvgIpc) is 3.26. The molecule has 1 fully saturated rings. The van der Waals surface area contributed by atoms with Crippen molar-refractivity contribution in [2.24, 2.45) is 0 Å². The molecule has 8 nitrogen and oxygen atoms in total. The SMILES string of the molecule is O=C(Cc1csc(NC(=O)c2cnccn2)n1)NCC1CCCO1. The summed E-state index contributed by atoms with van der Waals surface area (Å²) in [5, 5.41) is 7.66. The first-order valence-corrected chi connectivity index (χ1v) is 8.49. The van der Waals surface area contributed by atoms with E-state index in [1.807, 2.05) is 0 Å². The largest absolute Gasteiger partial charge is 0.376 e. The second-order valence-electron chi connectivity index (χ2n) is 5.30. The summed E-state index contributed by atoms with van der Waals surface area (Å²) in [4.78, 5) is 35.9. The molecular weight excluding hydrogens is 330 g/mol. The van der Waals surface area contributed by atoms with Crippen LogP contribution in [0, 0.1) is 0 Å². The Morgan fingerprint density at radius 2 is 2.29 bits per heavy atom. The smallest absolute Gasteiger partial charge is 0.277 e. The van der Waals surface area contributed by atoms with Gasteiger partial charge in [-0.05, 0) is 12.8 Å². The molecule has 9 heteroatoms. The lowest BCUT2D eigenvalue weighted by Gasteiger charge is -2.09. The molecule has 2 N–H and O–H groups in total. The molecule has 1 unspecified atom stereocenters. The van der Waals surface area contributed by atoms with Crippen LogP contribution in [-0.2, 0) is 16.0 Å². The first-order valence-electron chi connectivity index (χ1n) is 7.61. The average molecular weight is 347 g/mol. The predicted molar refractivity (Wildman–Crippen MR) is 87.8 cm³/mol. The number of ether oxygens (including phenoxy) is 1. The zero-order valence-corrected chi connectivity index (χ0v) is 13.7. The Labute approximate surface area is 142 Å². The summed E-state index contributed by atoms with van der Waals surface area (Å²) >= 11 is 1.26. The van der Waals surface area contributed by atoms with Crippen LogP contribution in [0.5, 0.6) is 0 Å². The molecule has 1 saturated heterocycles. The molecular formula is C15H17N5O3S. The fourth-order valence-corrected chi connectivity index (χ4v) is 2.99. The highest BCUT2D eigenvalue weighted by Crippen LogP contribution is 2.16. The van der Waals surface area contributed by atoms with Gasteiger partial charge >= 0.3 is 0 Å². The van der Waals surface area contributed by atoms with E-state index in [-0.39, 0.29) is 30.0 Å². The summed E-state index contributed by atoms with van der Waals surface area (Å²) in [6.07, 6.45) is 6.63. The fourth-order valence-electron chi connectivity index (χ4n) is 2.28. The molecule has 0 aliphatic carbocycles. The molecule has 3 rings (SSSR count). The van der Waals surface area contributed by atoms with E-state index < -0.39 is 0 Å². The van der Waals surface area contributed by atoms with Crippen LogP contribution >= 0.6 is 11.3 Å². The summed E-state index contributed by atoms with van der Waals surface area (Å²) in [5.41, 5.74) is 0.822. The van der Waals surface area contributed by atoms with E-state index >= 15 is 0 Å². The molecule has 2 aromatic rings. The highest BCUT2D eigenvalue weighted by Gasteiger charge is 2.17. The van der Waals surface area contributed by atoms with E-state index in [9.17, 15) is 9.59 Å². The number of anilines is 1. The van der Waals surface area contributed by atoms with Crippen LogP contribution in [0.15, 0.2) is 24.0 Å². The number of nitrogens with zero attached hydrogens (tertiary/aromatic N) is 3. The molecule has 1 aliphatic rings. The molecule has 2 aromatic heterocycles. The minimum atomic E-state index is -0.383. The van der Waals surface area contributed by atoms with E-state index in [1.165, 1.54) is 29.9 Å². The number of thiazole rings is 1. The molecule has 3 heterocycles. The maximum atomic E-state index is 12.0. The van der Waals surface area contributed by atoms with Crippen LogP contribution in [0.3, 0.4) is 0 Å². The highest BCUT2D eigenvalue weighted by atomic mass is 32.1. The van der Waals surface area contributed by atoms with Gasteiger partial charge in [-0.2, -0.15) is 0 Å². The normalized spacial score (nSPS) is 16.8. The van der Waals surface area contributed by atoms with Gasteiger partial charge in [-0.1, -0.05) is 0 Å². The van der Waals surface area contributed by atoms with Gasteiger partial charge in [0.25, 0.3) is 5.91 Å². The second kappa shape index (κ2) is 7.93. The van der Waals surface area contributed by atoms with Crippen LogP contribution in [-0.4, -0.2) is 46.0 Å². The van der Waals surface area contributed by atoms with E-state index in [2.05, 4.69) is 25.6 Å². The van der Waals surface area contributed by atoms with E-state index in [4.69, 9.17) is 4.74 Å². The molecule has 0 radical (unpaired) electrons. The molecule has 0 spiro atoms.